The second-order valence-electron chi connectivity index (χ2n) is 0.874. The lowest BCUT2D eigenvalue weighted by molar-refractivity contribution is 1.33. The van der Waals surface area contributed by atoms with Gasteiger partial charge in [-0.1, -0.05) is 12.2 Å². The number of thiol groups is 1. The Morgan fingerprint density at radius 3 is 2.50 bits per heavy atom. The van der Waals surface area contributed by atoms with Crippen LogP contribution < -0.4 is 0 Å². The minimum absolute atomic E-state index is 0.827. The molecule has 0 amide bonds. The molecule has 0 N–H and O–H groups in total. The summed E-state index contributed by atoms with van der Waals surface area (Å²) in [6.07, 6.45) is 2.91. The third-order valence-electron chi connectivity index (χ3n) is 0.392. The van der Waals surface area contributed by atoms with Gasteiger partial charge in [-0.15, -0.1) is 0 Å². The number of thiocarbonyl (C=S) groups is 1. The van der Waals surface area contributed by atoms with E-state index in [1.807, 2.05) is 6.42 Å². The Morgan fingerprint density at radius 1 is 1.67 bits per heavy atom. The van der Waals surface area contributed by atoms with Crippen LogP contribution in [0.15, 0.2) is 0 Å². The third-order valence-corrected chi connectivity index (χ3v) is 0.843. The average Bonchev–Trinajstić information content (AvgIpc) is 1.61. The van der Waals surface area contributed by atoms with E-state index in [-0.39, 0.29) is 0 Å². The van der Waals surface area contributed by atoms with Gasteiger partial charge in [-0.3, -0.25) is 0 Å². The molecule has 0 aromatic rings. The van der Waals surface area contributed by atoms with Crippen LogP contribution in [-0.2, 0) is 0 Å². The van der Waals surface area contributed by atoms with Crippen molar-refractivity contribution in [1.29, 1.82) is 0 Å². The van der Waals surface area contributed by atoms with Crippen molar-refractivity contribution >= 4 is 30.2 Å². The zero-order valence-electron chi connectivity index (χ0n) is 3.42. The fraction of sp³-hybridized carbons (Fsp3) is 0.500. The van der Waals surface area contributed by atoms with Gasteiger partial charge in [-0.05, 0) is 24.0 Å². The second kappa shape index (κ2) is 5.44. The molecule has 0 bridgehead atoms. The topological polar surface area (TPSA) is 0 Å². The third kappa shape index (κ3) is 4.44. The molecule has 0 unspecified atom stereocenters. The fourth-order valence-corrected chi connectivity index (χ4v) is 0.428. The van der Waals surface area contributed by atoms with E-state index < -0.39 is 0 Å². The quantitative estimate of drug-likeness (QED) is 0.334. The van der Waals surface area contributed by atoms with Crippen molar-refractivity contribution in [3.8, 4) is 0 Å². The summed E-state index contributed by atoms with van der Waals surface area (Å²) in [5.74, 6) is 0.827. The van der Waals surface area contributed by atoms with Crippen molar-refractivity contribution in [2.45, 2.75) is 6.42 Å². The van der Waals surface area contributed by atoms with Gasteiger partial charge in [-0.2, -0.15) is 12.6 Å². The maximum absolute atomic E-state index is 4.53. The van der Waals surface area contributed by atoms with Gasteiger partial charge in [-0.25, -0.2) is 0 Å². The van der Waals surface area contributed by atoms with E-state index in [0.717, 1.165) is 12.2 Å². The summed E-state index contributed by atoms with van der Waals surface area (Å²) in [7, 11) is 0. The smallest absolute Gasteiger partial charge is 0.00632 e. The molecular weight excluding hydrogens is 112 g/mol. The minimum atomic E-state index is 0.827. The number of unbranched alkanes of at least 4 members (excludes halogenated alkanes) is 1. The average molecular weight is 119 g/mol. The predicted molar refractivity (Wildman–Crippen MR) is 36.4 cm³/mol. The van der Waals surface area contributed by atoms with E-state index in [4.69, 9.17) is 0 Å². The van der Waals surface area contributed by atoms with Gasteiger partial charge in [0.2, 0.25) is 0 Å². The maximum Gasteiger partial charge on any atom is -0.00632 e. The van der Waals surface area contributed by atoms with E-state index in [0.29, 0.717) is 0 Å². The Labute approximate surface area is 49.3 Å². The molecule has 6 heavy (non-hydrogen) atoms. The van der Waals surface area contributed by atoms with Crippen LogP contribution in [0.3, 0.4) is 0 Å². The summed E-state index contributed by atoms with van der Waals surface area (Å²) < 4.78 is 0. The highest BCUT2D eigenvalue weighted by Gasteiger charge is 1.73. The van der Waals surface area contributed by atoms with Crippen LogP contribution >= 0.6 is 24.8 Å². The van der Waals surface area contributed by atoms with Gasteiger partial charge in [0.1, 0.15) is 0 Å². The molecule has 0 rings (SSSR count). The Kier molecular flexibility index (Phi) is 5.84. The summed E-state index contributed by atoms with van der Waals surface area (Å²) in [5.41, 5.74) is 0. The van der Waals surface area contributed by atoms with Crippen LogP contribution in [0.2, 0.25) is 0 Å². The first-order valence-electron chi connectivity index (χ1n) is 1.78. The molecule has 0 aliphatic carbocycles. The normalized spacial score (nSPS) is 8.17. The molecule has 0 atom stereocenters. The summed E-state index contributed by atoms with van der Waals surface area (Å²) in [5, 5.41) is 1.69. The molecule has 0 fully saturated rings. The molecular formula is C4H7S2. The van der Waals surface area contributed by atoms with Gasteiger partial charge in [0, 0.05) is 0 Å². The van der Waals surface area contributed by atoms with Crippen molar-refractivity contribution in [3.05, 3.63) is 6.42 Å². The van der Waals surface area contributed by atoms with Gasteiger partial charge >= 0.3 is 0 Å². The summed E-state index contributed by atoms with van der Waals surface area (Å²) in [6.45, 7) is 0. The maximum atomic E-state index is 4.53. The van der Waals surface area contributed by atoms with E-state index >= 15 is 0 Å². The van der Waals surface area contributed by atoms with E-state index in [2.05, 4.69) is 24.8 Å². The highest BCUT2D eigenvalue weighted by Crippen LogP contribution is 1.84. The minimum Gasteiger partial charge on any atom is -0.179 e. The van der Waals surface area contributed by atoms with Crippen molar-refractivity contribution in [2.24, 2.45) is 0 Å². The largest absolute Gasteiger partial charge is 0.179 e. The standard InChI is InChI=1S/C4H7S2/c5-3-1-2-4-6/h1,4-5H,2-3H2. The van der Waals surface area contributed by atoms with Gasteiger partial charge in [0.25, 0.3) is 0 Å². The first-order chi connectivity index (χ1) is 2.91. The van der Waals surface area contributed by atoms with Gasteiger partial charge in [0.15, 0.2) is 0 Å². The summed E-state index contributed by atoms with van der Waals surface area (Å²) in [6, 6.07) is 0. The lowest BCUT2D eigenvalue weighted by Crippen LogP contribution is -1.74. The first-order valence-corrected chi connectivity index (χ1v) is 2.88. The molecule has 0 aromatic heterocycles. The monoisotopic (exact) mass is 119 g/mol. The zero-order chi connectivity index (χ0) is 4.83. The number of hydrogen-bond donors (Lipinski definition) is 1. The number of rotatable bonds is 3. The second-order valence-corrected chi connectivity index (χ2v) is 1.57. The lowest BCUT2D eigenvalue weighted by atomic mass is 10.4. The predicted octanol–water partition coefficient (Wildman–Crippen LogP) is 1.51. The zero-order valence-corrected chi connectivity index (χ0v) is 5.14. The van der Waals surface area contributed by atoms with Crippen LogP contribution in [0.25, 0.3) is 0 Å². The lowest BCUT2D eigenvalue weighted by Gasteiger charge is -1.79. The van der Waals surface area contributed by atoms with Crippen molar-refractivity contribution in [2.75, 3.05) is 5.75 Å². The Hall–Kier alpha value is 0.440. The highest BCUT2D eigenvalue weighted by atomic mass is 32.1. The molecule has 0 saturated carbocycles. The molecule has 0 aliphatic heterocycles. The van der Waals surface area contributed by atoms with Crippen LogP contribution in [0.4, 0.5) is 0 Å². The molecule has 0 spiro atoms. The molecule has 0 aromatic carbocycles. The van der Waals surface area contributed by atoms with Crippen LogP contribution in [0, 0.1) is 6.42 Å². The Morgan fingerprint density at radius 2 is 2.33 bits per heavy atom. The van der Waals surface area contributed by atoms with E-state index in [9.17, 15) is 0 Å². The van der Waals surface area contributed by atoms with Crippen molar-refractivity contribution in [3.63, 3.8) is 0 Å². The molecule has 0 heterocycles. The summed E-state index contributed by atoms with van der Waals surface area (Å²) >= 11 is 8.46. The molecule has 0 saturated heterocycles. The van der Waals surface area contributed by atoms with Crippen molar-refractivity contribution < 1.29 is 0 Å². The van der Waals surface area contributed by atoms with Crippen molar-refractivity contribution in [1.82, 2.24) is 0 Å². The highest BCUT2D eigenvalue weighted by molar-refractivity contribution is 7.80. The Bertz CT molecular complexity index is 34.5. The van der Waals surface area contributed by atoms with Crippen LogP contribution in [0.1, 0.15) is 6.42 Å². The van der Waals surface area contributed by atoms with Gasteiger partial charge in [0.05, 0.1) is 0 Å². The van der Waals surface area contributed by atoms with E-state index in [1.54, 1.807) is 5.37 Å². The molecule has 0 nitrogen and oxygen atoms in total. The fourth-order valence-electron chi connectivity index (χ4n) is 0.143. The SMILES string of the molecule is S=CC[CH]CS. The molecule has 35 valence electrons. The van der Waals surface area contributed by atoms with Gasteiger partial charge < -0.3 is 0 Å². The van der Waals surface area contributed by atoms with Crippen LogP contribution in [-0.4, -0.2) is 11.1 Å². The Balaban J connectivity index is 2.49. The van der Waals surface area contributed by atoms with Crippen LogP contribution in [0.5, 0.6) is 0 Å². The first kappa shape index (κ1) is 6.44. The molecule has 0 aliphatic rings. The molecule has 2 heteroatoms. The molecule has 1 radical (unpaired) electrons. The van der Waals surface area contributed by atoms with E-state index in [1.165, 1.54) is 0 Å². The summed E-state index contributed by atoms with van der Waals surface area (Å²) in [4.78, 5) is 0. The number of hydrogen-bond acceptors (Lipinski definition) is 2.